The molecule has 0 bridgehead atoms. The summed E-state index contributed by atoms with van der Waals surface area (Å²) in [5.74, 6) is 1.31. The topological polar surface area (TPSA) is 92.8 Å². The van der Waals surface area contributed by atoms with Crippen LogP contribution in [0.5, 0.6) is 5.75 Å². The van der Waals surface area contributed by atoms with E-state index < -0.39 is 0 Å². The zero-order valence-corrected chi connectivity index (χ0v) is 18.4. The standard InChI is InChI=1S/C19H18ClN5O2S2/c1-11-8-14(20)4-5-15(11)27-12(2)17-23-24-19(25(17)3)29-10-16(26)22-18-13(9-21)6-7-28-18/h4-8,12H,10H2,1-3H3,(H,22,26). The van der Waals surface area contributed by atoms with Crippen LogP contribution in [-0.2, 0) is 11.8 Å². The van der Waals surface area contributed by atoms with Crippen molar-refractivity contribution in [3.05, 3.63) is 51.6 Å². The van der Waals surface area contributed by atoms with Crippen molar-refractivity contribution in [1.82, 2.24) is 14.8 Å². The van der Waals surface area contributed by atoms with E-state index in [9.17, 15) is 4.79 Å². The molecule has 1 atom stereocenters. The predicted octanol–water partition coefficient (Wildman–Crippen LogP) is 4.58. The highest BCUT2D eigenvalue weighted by atomic mass is 35.5. The van der Waals surface area contributed by atoms with Crippen LogP contribution < -0.4 is 10.1 Å². The van der Waals surface area contributed by atoms with Crippen molar-refractivity contribution in [2.45, 2.75) is 25.1 Å². The number of thiophene rings is 1. The van der Waals surface area contributed by atoms with Gasteiger partial charge in [0.2, 0.25) is 5.91 Å². The van der Waals surface area contributed by atoms with Gasteiger partial charge in [-0.05, 0) is 49.1 Å². The van der Waals surface area contributed by atoms with Crippen molar-refractivity contribution in [1.29, 1.82) is 5.26 Å². The van der Waals surface area contributed by atoms with Gasteiger partial charge < -0.3 is 14.6 Å². The summed E-state index contributed by atoms with van der Waals surface area (Å²) in [5.41, 5.74) is 1.39. The van der Waals surface area contributed by atoms with E-state index in [4.69, 9.17) is 21.6 Å². The smallest absolute Gasteiger partial charge is 0.235 e. The van der Waals surface area contributed by atoms with Crippen molar-refractivity contribution in [2.24, 2.45) is 7.05 Å². The Hall–Kier alpha value is -2.54. The van der Waals surface area contributed by atoms with E-state index >= 15 is 0 Å². The number of nitriles is 1. The lowest BCUT2D eigenvalue weighted by Gasteiger charge is -2.16. The predicted molar refractivity (Wildman–Crippen MR) is 115 cm³/mol. The first kappa shape index (κ1) is 21.2. The van der Waals surface area contributed by atoms with Crippen molar-refractivity contribution < 1.29 is 9.53 Å². The zero-order valence-electron chi connectivity index (χ0n) is 16.0. The van der Waals surface area contributed by atoms with Crippen LogP contribution in [-0.4, -0.2) is 26.4 Å². The maximum absolute atomic E-state index is 12.2. The first-order valence-electron chi connectivity index (χ1n) is 8.61. The Balaban J connectivity index is 1.61. The lowest BCUT2D eigenvalue weighted by Crippen LogP contribution is -2.14. The molecule has 3 rings (SSSR count). The molecule has 0 aliphatic heterocycles. The van der Waals surface area contributed by atoms with Gasteiger partial charge >= 0.3 is 0 Å². The van der Waals surface area contributed by atoms with Crippen LogP contribution >= 0.6 is 34.7 Å². The molecule has 2 aromatic heterocycles. The number of aryl methyl sites for hydroxylation is 1. The molecule has 1 aromatic carbocycles. The third-order valence-electron chi connectivity index (χ3n) is 4.04. The zero-order chi connectivity index (χ0) is 21.0. The Morgan fingerprint density at radius 3 is 2.97 bits per heavy atom. The Bertz CT molecular complexity index is 1070. The lowest BCUT2D eigenvalue weighted by atomic mass is 10.2. The summed E-state index contributed by atoms with van der Waals surface area (Å²) in [6.07, 6.45) is -0.333. The fraction of sp³-hybridized carbons (Fsp3) is 0.263. The number of hydrogen-bond acceptors (Lipinski definition) is 7. The molecule has 2 heterocycles. The highest BCUT2D eigenvalue weighted by Gasteiger charge is 2.19. The highest BCUT2D eigenvalue weighted by molar-refractivity contribution is 7.99. The van der Waals surface area contributed by atoms with Gasteiger partial charge in [0.25, 0.3) is 0 Å². The number of carbonyl (C=O) groups excluding carboxylic acids is 1. The third kappa shape index (κ3) is 5.09. The molecule has 0 spiro atoms. The molecule has 0 aliphatic rings. The van der Waals surface area contributed by atoms with E-state index in [1.807, 2.05) is 39.1 Å². The van der Waals surface area contributed by atoms with Gasteiger partial charge in [0, 0.05) is 12.1 Å². The Kier molecular flexibility index (Phi) is 6.79. The van der Waals surface area contributed by atoms with Gasteiger partial charge in [-0.2, -0.15) is 5.26 Å². The molecule has 29 heavy (non-hydrogen) atoms. The Morgan fingerprint density at radius 1 is 1.45 bits per heavy atom. The highest BCUT2D eigenvalue weighted by Crippen LogP contribution is 2.28. The van der Waals surface area contributed by atoms with Crippen LogP contribution in [0, 0.1) is 18.3 Å². The molecular formula is C19H18ClN5O2S2. The maximum atomic E-state index is 12.2. The van der Waals surface area contributed by atoms with Crippen molar-refractivity contribution >= 4 is 45.6 Å². The summed E-state index contributed by atoms with van der Waals surface area (Å²) >= 11 is 8.57. The van der Waals surface area contributed by atoms with Crippen molar-refractivity contribution in [3.8, 4) is 11.8 Å². The van der Waals surface area contributed by atoms with E-state index in [-0.39, 0.29) is 17.8 Å². The van der Waals surface area contributed by atoms with E-state index in [0.29, 0.717) is 26.6 Å². The number of amides is 1. The molecular weight excluding hydrogens is 430 g/mol. The molecule has 150 valence electrons. The Labute approximate surface area is 181 Å². The van der Waals surface area contributed by atoms with Crippen LogP contribution in [0.3, 0.4) is 0 Å². The molecule has 10 heteroatoms. The largest absolute Gasteiger partial charge is 0.482 e. The number of anilines is 1. The van der Waals surface area contributed by atoms with Crippen molar-refractivity contribution in [3.63, 3.8) is 0 Å². The monoisotopic (exact) mass is 447 g/mol. The van der Waals surface area contributed by atoms with Crippen LogP contribution in [0.15, 0.2) is 34.8 Å². The summed E-state index contributed by atoms with van der Waals surface area (Å²) in [7, 11) is 1.83. The minimum atomic E-state index is -0.333. The minimum absolute atomic E-state index is 0.153. The molecule has 0 radical (unpaired) electrons. The number of thioether (sulfide) groups is 1. The number of carbonyl (C=O) groups is 1. The molecule has 1 unspecified atom stereocenters. The van der Waals surface area contributed by atoms with Gasteiger partial charge in [0.15, 0.2) is 17.1 Å². The van der Waals surface area contributed by atoms with E-state index in [1.54, 1.807) is 22.1 Å². The van der Waals surface area contributed by atoms with Crippen molar-refractivity contribution in [2.75, 3.05) is 11.1 Å². The van der Waals surface area contributed by atoms with Crippen LogP contribution in [0.2, 0.25) is 5.02 Å². The summed E-state index contributed by atoms with van der Waals surface area (Å²) in [6, 6.07) is 9.16. The second kappa shape index (κ2) is 9.31. The summed E-state index contributed by atoms with van der Waals surface area (Å²) in [4.78, 5) is 12.2. The van der Waals surface area contributed by atoms with E-state index in [0.717, 1.165) is 11.3 Å². The quantitative estimate of drug-likeness (QED) is 0.533. The molecule has 0 saturated heterocycles. The number of halogens is 1. The molecule has 1 N–H and O–H groups in total. The van der Waals surface area contributed by atoms with Crippen LogP contribution in [0.4, 0.5) is 5.00 Å². The molecule has 3 aromatic rings. The van der Waals surface area contributed by atoms with Gasteiger partial charge in [0.1, 0.15) is 16.8 Å². The molecule has 0 fully saturated rings. The average Bonchev–Trinajstić information content (AvgIpc) is 3.28. The normalized spacial score (nSPS) is 11.7. The summed E-state index contributed by atoms with van der Waals surface area (Å²) < 4.78 is 7.81. The van der Waals surface area contributed by atoms with Gasteiger partial charge in [-0.3, -0.25) is 4.79 Å². The number of benzene rings is 1. The number of ether oxygens (including phenoxy) is 1. The number of hydrogen-bond donors (Lipinski definition) is 1. The average molecular weight is 448 g/mol. The minimum Gasteiger partial charge on any atom is -0.482 e. The van der Waals surface area contributed by atoms with E-state index in [1.165, 1.54) is 23.1 Å². The second-order valence-electron chi connectivity index (χ2n) is 6.18. The Morgan fingerprint density at radius 2 is 2.24 bits per heavy atom. The number of nitrogens with zero attached hydrogens (tertiary/aromatic N) is 4. The maximum Gasteiger partial charge on any atom is 0.235 e. The van der Waals surface area contributed by atoms with Crippen LogP contribution in [0.25, 0.3) is 0 Å². The molecule has 0 saturated carbocycles. The second-order valence-corrected chi connectivity index (χ2v) is 8.48. The molecule has 7 nitrogen and oxygen atoms in total. The summed E-state index contributed by atoms with van der Waals surface area (Å²) in [6.45, 7) is 3.81. The van der Waals surface area contributed by atoms with Gasteiger partial charge in [-0.15, -0.1) is 21.5 Å². The SMILES string of the molecule is Cc1cc(Cl)ccc1OC(C)c1nnc(SCC(=O)Nc2sccc2C#N)n1C. The third-order valence-corrected chi connectivity index (χ3v) is 6.13. The first-order chi connectivity index (χ1) is 13.9. The van der Waals surface area contributed by atoms with Gasteiger partial charge in [-0.1, -0.05) is 23.4 Å². The van der Waals surface area contributed by atoms with Gasteiger partial charge in [0.05, 0.1) is 11.3 Å². The fourth-order valence-corrected chi connectivity index (χ4v) is 4.28. The first-order valence-corrected chi connectivity index (χ1v) is 10.9. The van der Waals surface area contributed by atoms with E-state index in [2.05, 4.69) is 15.5 Å². The number of nitrogens with one attached hydrogen (secondary N) is 1. The summed E-state index contributed by atoms with van der Waals surface area (Å²) in [5, 5.41) is 23.7. The number of rotatable bonds is 7. The van der Waals surface area contributed by atoms with Crippen LogP contribution in [0.1, 0.15) is 30.0 Å². The fourth-order valence-electron chi connectivity index (χ4n) is 2.58. The molecule has 1 amide bonds. The lowest BCUT2D eigenvalue weighted by molar-refractivity contribution is -0.113. The molecule has 0 aliphatic carbocycles. The number of aromatic nitrogens is 3. The van der Waals surface area contributed by atoms with Gasteiger partial charge in [-0.25, -0.2) is 0 Å².